The van der Waals surface area contributed by atoms with Crippen molar-refractivity contribution in [1.29, 1.82) is 0 Å². The molecule has 0 bridgehead atoms. The third-order valence-electron chi connectivity index (χ3n) is 5.86. The molecular weight excluding hydrogens is 407 g/mol. The molecule has 0 aliphatic carbocycles. The van der Waals surface area contributed by atoms with Crippen LogP contribution in [0, 0.1) is 5.82 Å². The first kappa shape index (κ1) is 21.1. The van der Waals surface area contributed by atoms with E-state index in [-0.39, 0.29) is 37.0 Å². The van der Waals surface area contributed by atoms with Crippen molar-refractivity contribution in [2.75, 3.05) is 42.5 Å². The highest BCUT2D eigenvalue weighted by Gasteiger charge is 2.35. The lowest BCUT2D eigenvalue weighted by Gasteiger charge is -2.36. The number of nitrogens with zero attached hydrogens (tertiary/aromatic N) is 4. The Morgan fingerprint density at radius 3 is 2.29 bits per heavy atom. The maximum atomic E-state index is 15.0. The topological polar surface area (TPSA) is 90.5 Å². The van der Waals surface area contributed by atoms with E-state index in [1.807, 2.05) is 0 Å². The van der Waals surface area contributed by atoms with Gasteiger partial charge in [-0.3, -0.25) is 14.5 Å². The molecule has 0 spiro atoms. The third-order valence-corrected chi connectivity index (χ3v) is 5.86. The molecule has 3 fully saturated rings. The number of anilines is 2. The maximum absolute atomic E-state index is 15.0. The van der Waals surface area contributed by atoms with Crippen LogP contribution in [0.5, 0.6) is 0 Å². The van der Waals surface area contributed by atoms with Crippen LogP contribution in [0.25, 0.3) is 0 Å². The van der Waals surface area contributed by atoms with Gasteiger partial charge in [-0.25, -0.2) is 19.2 Å². The van der Waals surface area contributed by atoms with Gasteiger partial charge < -0.3 is 14.4 Å². The molecule has 0 N–H and O–H groups in total. The molecule has 4 rings (SSSR count). The van der Waals surface area contributed by atoms with Gasteiger partial charge in [-0.1, -0.05) is 0 Å². The molecule has 3 aliphatic rings. The molecule has 1 atom stereocenters. The van der Waals surface area contributed by atoms with Gasteiger partial charge in [-0.15, -0.1) is 0 Å². The minimum Gasteiger partial charge on any atom is -0.444 e. The van der Waals surface area contributed by atoms with Crippen molar-refractivity contribution in [3.63, 3.8) is 0 Å². The predicted octanol–water partition coefficient (Wildman–Crippen LogP) is 1.71. The summed E-state index contributed by atoms with van der Waals surface area (Å²) in [6, 6.07) is 4.55. The number of halogens is 1. The number of ketones is 1. The second kappa shape index (κ2) is 8.52. The summed E-state index contributed by atoms with van der Waals surface area (Å²) < 4.78 is 20.3. The number of ether oxygens (including phenoxy) is 1. The first-order valence-corrected chi connectivity index (χ1v) is 10.5. The average molecular weight is 432 g/mol. The van der Waals surface area contributed by atoms with E-state index in [0.29, 0.717) is 50.4 Å². The van der Waals surface area contributed by atoms with Crippen LogP contribution in [-0.4, -0.2) is 72.5 Å². The van der Waals surface area contributed by atoms with Gasteiger partial charge in [0.05, 0.1) is 31.0 Å². The smallest absolute Gasteiger partial charge is 0.414 e. The van der Waals surface area contributed by atoms with Crippen molar-refractivity contribution < 1.29 is 28.3 Å². The number of Topliss-reactive ketones (excluding diaryl/α,β-unsaturated/α-hetero) is 1. The minimum atomic E-state index is -0.558. The molecule has 0 saturated carbocycles. The van der Waals surface area contributed by atoms with E-state index in [1.165, 1.54) is 27.9 Å². The molecule has 10 heteroatoms. The third kappa shape index (κ3) is 4.33. The fourth-order valence-corrected chi connectivity index (χ4v) is 4.18. The van der Waals surface area contributed by atoms with Gasteiger partial charge in [-0.05, 0) is 31.5 Å². The van der Waals surface area contributed by atoms with Crippen LogP contribution < -0.4 is 9.80 Å². The number of benzene rings is 1. The Morgan fingerprint density at radius 2 is 1.71 bits per heavy atom. The molecule has 0 unspecified atom stereocenters. The van der Waals surface area contributed by atoms with Crippen LogP contribution in [0.2, 0.25) is 0 Å². The molecule has 0 aromatic heterocycles. The molecule has 3 heterocycles. The zero-order valence-electron chi connectivity index (χ0n) is 17.4. The fraction of sp³-hybridized carbons (Fsp3) is 0.524. The average Bonchev–Trinajstić information content (AvgIpc) is 2.95. The summed E-state index contributed by atoms with van der Waals surface area (Å²) in [7, 11) is 0. The Kier molecular flexibility index (Phi) is 5.79. The zero-order chi connectivity index (χ0) is 22.1. The summed E-state index contributed by atoms with van der Waals surface area (Å²) in [6.45, 7) is 3.16. The first-order chi connectivity index (χ1) is 14.8. The standard InChI is InChI=1S/C21H25FN4O5/c1-14(27)2-4-16-13-24(21(30)31-16)15-3-5-18(17(22)12-15)23-8-10-25-19(28)6-7-20(29)26(25)11-9-23/h3,5,12,16H,2,4,6-11,13H2,1H3/t16-/m0/s1. The lowest BCUT2D eigenvalue weighted by molar-refractivity contribution is -0.169. The number of cyclic esters (lactones) is 1. The Labute approximate surface area is 179 Å². The molecule has 3 saturated heterocycles. The van der Waals surface area contributed by atoms with Crippen LogP contribution in [0.4, 0.5) is 20.6 Å². The molecule has 1 aromatic carbocycles. The molecule has 9 nitrogen and oxygen atoms in total. The summed E-state index contributed by atoms with van der Waals surface area (Å²) in [5, 5.41) is 2.92. The monoisotopic (exact) mass is 432 g/mol. The van der Waals surface area contributed by atoms with Gasteiger partial charge in [0, 0.05) is 32.4 Å². The second-order valence-electron chi connectivity index (χ2n) is 8.01. The molecule has 3 amide bonds. The van der Waals surface area contributed by atoms with Crippen molar-refractivity contribution in [3.8, 4) is 0 Å². The van der Waals surface area contributed by atoms with Crippen LogP contribution in [0.1, 0.15) is 32.6 Å². The Hall–Kier alpha value is -3.17. The van der Waals surface area contributed by atoms with Crippen LogP contribution in [0.3, 0.4) is 0 Å². The number of rotatable bonds is 5. The number of amides is 3. The fourth-order valence-electron chi connectivity index (χ4n) is 4.18. The predicted molar refractivity (Wildman–Crippen MR) is 109 cm³/mol. The van der Waals surface area contributed by atoms with E-state index in [2.05, 4.69) is 0 Å². The Balaban J connectivity index is 1.45. The first-order valence-electron chi connectivity index (χ1n) is 10.5. The number of carbonyl (C=O) groups is 4. The van der Waals surface area contributed by atoms with E-state index in [4.69, 9.17) is 4.74 Å². The highest BCUT2D eigenvalue weighted by molar-refractivity contribution is 5.90. The van der Waals surface area contributed by atoms with E-state index in [0.717, 1.165) is 0 Å². The van der Waals surface area contributed by atoms with Gasteiger partial charge in [-0.2, -0.15) is 0 Å². The van der Waals surface area contributed by atoms with E-state index < -0.39 is 18.0 Å². The summed E-state index contributed by atoms with van der Waals surface area (Å²) in [5.74, 6) is -0.656. The summed E-state index contributed by atoms with van der Waals surface area (Å²) in [4.78, 5) is 50.8. The van der Waals surface area contributed by atoms with E-state index in [9.17, 15) is 23.6 Å². The number of carbonyl (C=O) groups excluding carboxylic acids is 4. The van der Waals surface area contributed by atoms with Crippen molar-refractivity contribution >= 4 is 35.1 Å². The van der Waals surface area contributed by atoms with Crippen molar-refractivity contribution in [1.82, 2.24) is 10.0 Å². The minimum absolute atomic E-state index is 0.0262. The Bertz CT molecular complexity index is 897. The van der Waals surface area contributed by atoms with Gasteiger partial charge in [0.2, 0.25) is 11.8 Å². The summed E-state index contributed by atoms with van der Waals surface area (Å²) >= 11 is 0. The van der Waals surface area contributed by atoms with E-state index in [1.54, 1.807) is 17.0 Å². The maximum Gasteiger partial charge on any atom is 0.414 e. The van der Waals surface area contributed by atoms with Crippen molar-refractivity contribution in [2.45, 2.75) is 38.7 Å². The number of fused-ring (bicyclic) bond motifs is 1. The number of hydrazine groups is 1. The molecule has 31 heavy (non-hydrogen) atoms. The Morgan fingerprint density at radius 1 is 1.06 bits per heavy atom. The zero-order valence-corrected chi connectivity index (χ0v) is 17.4. The van der Waals surface area contributed by atoms with Gasteiger partial charge in [0.25, 0.3) is 0 Å². The highest BCUT2D eigenvalue weighted by Crippen LogP contribution is 2.29. The lowest BCUT2D eigenvalue weighted by atomic mass is 10.1. The molecule has 166 valence electrons. The van der Waals surface area contributed by atoms with Gasteiger partial charge in [0.1, 0.15) is 17.7 Å². The lowest BCUT2D eigenvalue weighted by Crippen LogP contribution is -2.53. The second-order valence-corrected chi connectivity index (χ2v) is 8.01. The largest absolute Gasteiger partial charge is 0.444 e. The summed E-state index contributed by atoms with van der Waals surface area (Å²) in [6.07, 6.45) is 0.224. The molecule has 3 aliphatic heterocycles. The molecule has 0 radical (unpaired) electrons. The number of hydrogen-bond acceptors (Lipinski definition) is 6. The van der Waals surface area contributed by atoms with Crippen LogP contribution in [0.15, 0.2) is 18.2 Å². The quantitative estimate of drug-likeness (QED) is 0.704. The highest BCUT2D eigenvalue weighted by atomic mass is 19.1. The normalized spacial score (nSPS) is 21.9. The molecule has 1 aromatic rings. The summed E-state index contributed by atoms with van der Waals surface area (Å²) in [5.41, 5.74) is 0.739. The van der Waals surface area contributed by atoms with Crippen LogP contribution >= 0.6 is 0 Å². The van der Waals surface area contributed by atoms with E-state index >= 15 is 0 Å². The molecular formula is C21H25FN4O5. The SMILES string of the molecule is CC(=O)CC[C@H]1CN(c2ccc(N3CCN4C(=O)CCC(=O)N4CC3)c(F)c2)C(=O)O1. The number of hydrogen-bond donors (Lipinski definition) is 0. The van der Waals surface area contributed by atoms with Gasteiger partial charge in [0.15, 0.2) is 0 Å². The van der Waals surface area contributed by atoms with Crippen molar-refractivity contribution in [3.05, 3.63) is 24.0 Å². The van der Waals surface area contributed by atoms with Crippen LogP contribution in [-0.2, 0) is 19.1 Å². The van der Waals surface area contributed by atoms with Crippen molar-refractivity contribution in [2.24, 2.45) is 0 Å². The van der Waals surface area contributed by atoms with Gasteiger partial charge >= 0.3 is 6.09 Å².